The fourth-order valence-electron chi connectivity index (χ4n) is 1.71. The van der Waals surface area contributed by atoms with Crippen molar-refractivity contribution < 1.29 is 0 Å². The Morgan fingerprint density at radius 2 is 2.29 bits per heavy atom. The second-order valence-electron chi connectivity index (χ2n) is 3.96. The Morgan fingerprint density at radius 1 is 1.53 bits per heavy atom. The first kappa shape index (κ1) is 12.5. The highest BCUT2D eigenvalue weighted by Gasteiger charge is 2.12. The van der Waals surface area contributed by atoms with Gasteiger partial charge >= 0.3 is 4.87 Å². The number of aryl methyl sites for hydroxylation is 2. The van der Waals surface area contributed by atoms with Crippen molar-refractivity contribution in [2.45, 2.75) is 33.4 Å². The first-order chi connectivity index (χ1) is 8.06. The van der Waals surface area contributed by atoms with Gasteiger partial charge in [0.25, 0.3) is 0 Å². The van der Waals surface area contributed by atoms with Crippen molar-refractivity contribution in [3.05, 3.63) is 36.3 Å². The summed E-state index contributed by atoms with van der Waals surface area (Å²) < 4.78 is 0. The van der Waals surface area contributed by atoms with Gasteiger partial charge in [-0.2, -0.15) is 0 Å². The molecule has 0 saturated heterocycles. The number of thiazole rings is 2. The van der Waals surface area contributed by atoms with E-state index in [4.69, 9.17) is 0 Å². The van der Waals surface area contributed by atoms with Crippen LogP contribution in [0.4, 0.5) is 0 Å². The summed E-state index contributed by atoms with van der Waals surface area (Å²) in [6.07, 6.45) is 0. The van der Waals surface area contributed by atoms with Crippen LogP contribution in [-0.2, 0) is 6.54 Å². The van der Waals surface area contributed by atoms with Crippen molar-refractivity contribution >= 4 is 22.7 Å². The summed E-state index contributed by atoms with van der Waals surface area (Å²) in [6.45, 7) is 6.84. The Balaban J connectivity index is 2.00. The number of hydrogen-bond acceptors (Lipinski definition) is 5. The lowest BCUT2D eigenvalue weighted by Gasteiger charge is -2.11. The summed E-state index contributed by atoms with van der Waals surface area (Å²) in [5, 5.41) is 6.34. The van der Waals surface area contributed by atoms with Crippen LogP contribution >= 0.6 is 22.7 Å². The van der Waals surface area contributed by atoms with Crippen molar-refractivity contribution in [1.82, 2.24) is 15.3 Å². The minimum Gasteiger partial charge on any atom is -0.315 e. The highest BCUT2D eigenvalue weighted by Crippen LogP contribution is 2.24. The van der Waals surface area contributed by atoms with E-state index in [1.165, 1.54) is 16.2 Å². The molecule has 0 aliphatic rings. The maximum atomic E-state index is 11.0. The van der Waals surface area contributed by atoms with Crippen LogP contribution in [0.1, 0.15) is 34.2 Å². The summed E-state index contributed by atoms with van der Waals surface area (Å²) >= 11 is 2.92. The topological polar surface area (TPSA) is 57.8 Å². The quantitative estimate of drug-likeness (QED) is 0.896. The van der Waals surface area contributed by atoms with Crippen molar-refractivity contribution in [3.63, 3.8) is 0 Å². The fourth-order valence-corrected chi connectivity index (χ4v) is 3.24. The molecule has 0 radical (unpaired) electrons. The van der Waals surface area contributed by atoms with E-state index >= 15 is 0 Å². The Bertz CT molecular complexity index is 555. The van der Waals surface area contributed by atoms with Gasteiger partial charge in [0, 0.05) is 28.5 Å². The van der Waals surface area contributed by atoms with Crippen LogP contribution in [0.15, 0.2) is 10.2 Å². The first-order valence-corrected chi connectivity index (χ1v) is 7.10. The third-order valence-corrected chi connectivity index (χ3v) is 4.48. The van der Waals surface area contributed by atoms with Crippen molar-refractivity contribution in [2.24, 2.45) is 0 Å². The molecule has 2 aromatic heterocycles. The van der Waals surface area contributed by atoms with E-state index in [9.17, 15) is 4.79 Å². The number of aromatic amines is 1. The van der Waals surface area contributed by atoms with E-state index in [2.05, 4.69) is 22.2 Å². The number of hydrogen-bond donors (Lipinski definition) is 2. The van der Waals surface area contributed by atoms with E-state index in [0.29, 0.717) is 6.54 Å². The number of H-pyrrole nitrogens is 1. The van der Waals surface area contributed by atoms with Crippen LogP contribution in [0, 0.1) is 13.8 Å². The van der Waals surface area contributed by atoms with Gasteiger partial charge in [0.05, 0.1) is 10.7 Å². The molecule has 17 heavy (non-hydrogen) atoms. The van der Waals surface area contributed by atoms with Crippen LogP contribution in [0.25, 0.3) is 0 Å². The van der Waals surface area contributed by atoms with Crippen LogP contribution in [0.2, 0.25) is 0 Å². The van der Waals surface area contributed by atoms with Crippen LogP contribution in [0.3, 0.4) is 0 Å². The molecule has 6 heteroatoms. The molecule has 0 aromatic carbocycles. The maximum Gasteiger partial charge on any atom is 0.304 e. The van der Waals surface area contributed by atoms with E-state index in [1.807, 2.05) is 19.2 Å². The summed E-state index contributed by atoms with van der Waals surface area (Å²) in [5.74, 6) is 0. The van der Waals surface area contributed by atoms with Gasteiger partial charge in [-0.1, -0.05) is 11.3 Å². The molecule has 0 amide bonds. The minimum absolute atomic E-state index is 0.000677. The van der Waals surface area contributed by atoms with Gasteiger partial charge in [0.15, 0.2) is 0 Å². The van der Waals surface area contributed by atoms with E-state index < -0.39 is 0 Å². The summed E-state index contributed by atoms with van der Waals surface area (Å²) in [5.41, 5.74) is 2.03. The second kappa shape index (κ2) is 5.12. The molecule has 1 atom stereocenters. The predicted octanol–water partition coefficient (Wildman–Crippen LogP) is 2.36. The SMILES string of the molecule is Cc1nc(C)c(C(C)NCc2csc(=O)[nH]2)s1. The van der Waals surface area contributed by atoms with Crippen molar-refractivity contribution in [3.8, 4) is 0 Å². The summed E-state index contributed by atoms with van der Waals surface area (Å²) in [6, 6.07) is 0.254. The van der Waals surface area contributed by atoms with Crippen LogP contribution < -0.4 is 10.2 Å². The summed E-state index contributed by atoms with van der Waals surface area (Å²) in [4.78, 5) is 19.5. The lowest BCUT2D eigenvalue weighted by atomic mass is 10.2. The molecule has 0 saturated carbocycles. The highest BCUT2D eigenvalue weighted by atomic mass is 32.1. The van der Waals surface area contributed by atoms with Gasteiger partial charge in [-0.15, -0.1) is 11.3 Å². The number of rotatable bonds is 4. The molecule has 2 heterocycles. The molecule has 0 aliphatic heterocycles. The Labute approximate surface area is 108 Å². The Hall–Kier alpha value is -0.980. The standard InChI is InChI=1S/C11H15N3OS2/c1-6(10-7(2)13-8(3)17-10)12-4-9-5-16-11(15)14-9/h5-6,12H,4H2,1-3H3,(H,14,15). The normalized spacial score (nSPS) is 12.9. The zero-order valence-electron chi connectivity index (χ0n) is 10.0. The van der Waals surface area contributed by atoms with Crippen LogP contribution in [-0.4, -0.2) is 9.97 Å². The van der Waals surface area contributed by atoms with Gasteiger partial charge in [-0.05, 0) is 20.8 Å². The number of nitrogens with zero attached hydrogens (tertiary/aromatic N) is 1. The molecule has 2 aromatic rings. The molecular weight excluding hydrogens is 254 g/mol. The average molecular weight is 269 g/mol. The maximum absolute atomic E-state index is 11.0. The van der Waals surface area contributed by atoms with Crippen LogP contribution in [0.5, 0.6) is 0 Å². The molecule has 92 valence electrons. The van der Waals surface area contributed by atoms with Gasteiger partial charge in [-0.25, -0.2) is 4.98 Å². The highest BCUT2D eigenvalue weighted by molar-refractivity contribution is 7.11. The third-order valence-electron chi connectivity index (χ3n) is 2.50. The van der Waals surface area contributed by atoms with E-state index in [1.54, 1.807) is 11.3 Å². The Kier molecular flexibility index (Phi) is 3.76. The van der Waals surface area contributed by atoms with Crippen molar-refractivity contribution in [2.75, 3.05) is 0 Å². The zero-order chi connectivity index (χ0) is 12.4. The molecule has 1 unspecified atom stereocenters. The molecule has 0 fully saturated rings. The number of nitrogens with one attached hydrogen (secondary N) is 2. The van der Waals surface area contributed by atoms with Gasteiger partial charge in [0.2, 0.25) is 0 Å². The summed E-state index contributed by atoms with van der Waals surface area (Å²) in [7, 11) is 0. The lowest BCUT2D eigenvalue weighted by Crippen LogP contribution is -2.18. The molecule has 0 bridgehead atoms. The monoisotopic (exact) mass is 269 g/mol. The molecule has 2 N–H and O–H groups in total. The molecule has 2 rings (SSSR count). The zero-order valence-corrected chi connectivity index (χ0v) is 11.7. The first-order valence-electron chi connectivity index (χ1n) is 5.40. The lowest BCUT2D eigenvalue weighted by molar-refractivity contribution is 0.573. The minimum atomic E-state index is -0.000677. The van der Waals surface area contributed by atoms with E-state index in [-0.39, 0.29) is 10.9 Å². The largest absolute Gasteiger partial charge is 0.315 e. The van der Waals surface area contributed by atoms with Gasteiger partial charge < -0.3 is 10.3 Å². The third kappa shape index (κ3) is 3.02. The fraction of sp³-hybridized carbons (Fsp3) is 0.455. The van der Waals surface area contributed by atoms with Gasteiger partial charge in [-0.3, -0.25) is 4.79 Å². The molecule has 0 spiro atoms. The Morgan fingerprint density at radius 3 is 2.82 bits per heavy atom. The smallest absolute Gasteiger partial charge is 0.304 e. The molecule has 0 aliphatic carbocycles. The van der Waals surface area contributed by atoms with E-state index in [0.717, 1.165) is 16.4 Å². The predicted molar refractivity (Wildman–Crippen MR) is 71.8 cm³/mol. The van der Waals surface area contributed by atoms with Crippen molar-refractivity contribution in [1.29, 1.82) is 0 Å². The van der Waals surface area contributed by atoms with Gasteiger partial charge in [0.1, 0.15) is 0 Å². The average Bonchev–Trinajstić information content (AvgIpc) is 2.81. The number of aromatic nitrogens is 2. The molecular formula is C11H15N3OS2. The second-order valence-corrected chi connectivity index (χ2v) is 6.04. The molecule has 4 nitrogen and oxygen atoms in total.